The minimum atomic E-state index is 0.0883. The molecule has 2 N–H and O–H groups in total. The normalized spacial score (nSPS) is 18.5. The molecule has 1 aromatic carbocycles. The van der Waals surface area contributed by atoms with Gasteiger partial charge in [0.25, 0.3) is 0 Å². The quantitative estimate of drug-likeness (QED) is 0.823. The van der Waals surface area contributed by atoms with Crippen molar-refractivity contribution in [2.75, 3.05) is 0 Å². The molecule has 1 fully saturated rings. The minimum absolute atomic E-state index is 0.0883. The van der Waals surface area contributed by atoms with E-state index in [1.807, 2.05) is 18.2 Å². The van der Waals surface area contributed by atoms with E-state index in [1.54, 1.807) is 0 Å². The molecular weight excluding hydrogens is 253 g/mol. The predicted octanol–water partition coefficient (Wildman–Crippen LogP) is 4.96. The maximum atomic E-state index is 6.19. The number of hydrogen-bond donors (Lipinski definition) is 1. The molecule has 0 aliphatic heterocycles. The lowest BCUT2D eigenvalue weighted by Crippen LogP contribution is -2.11. The van der Waals surface area contributed by atoms with Gasteiger partial charge in [0.2, 0.25) is 0 Å². The summed E-state index contributed by atoms with van der Waals surface area (Å²) in [6.07, 6.45) is 7.84. The van der Waals surface area contributed by atoms with Gasteiger partial charge in [-0.15, -0.1) is 0 Å². The van der Waals surface area contributed by atoms with Crippen molar-refractivity contribution in [2.45, 2.75) is 44.6 Å². The summed E-state index contributed by atoms with van der Waals surface area (Å²) in [6.45, 7) is 0. The summed E-state index contributed by atoms with van der Waals surface area (Å²) in [5.74, 6) is 0.892. The van der Waals surface area contributed by atoms with Gasteiger partial charge in [-0.25, -0.2) is 0 Å². The maximum Gasteiger partial charge on any atom is 0.0595 e. The van der Waals surface area contributed by atoms with Crippen molar-refractivity contribution in [1.82, 2.24) is 0 Å². The van der Waals surface area contributed by atoms with Gasteiger partial charge in [0.15, 0.2) is 0 Å². The van der Waals surface area contributed by atoms with Crippen LogP contribution in [-0.4, -0.2) is 0 Å². The second-order valence-corrected chi connectivity index (χ2v) is 5.82. The fourth-order valence-corrected chi connectivity index (χ4v) is 2.93. The summed E-state index contributed by atoms with van der Waals surface area (Å²) in [4.78, 5) is 0. The molecule has 0 aromatic heterocycles. The average molecular weight is 272 g/mol. The second kappa shape index (κ2) is 6.08. The van der Waals surface area contributed by atoms with Crippen molar-refractivity contribution >= 4 is 23.2 Å². The molecule has 94 valence electrons. The Labute approximate surface area is 113 Å². The molecule has 1 saturated carbocycles. The van der Waals surface area contributed by atoms with Crippen LogP contribution in [0.2, 0.25) is 10.0 Å². The third kappa shape index (κ3) is 3.61. The number of rotatable bonds is 4. The predicted molar refractivity (Wildman–Crippen MR) is 74.6 cm³/mol. The van der Waals surface area contributed by atoms with Crippen molar-refractivity contribution in [1.29, 1.82) is 0 Å². The average Bonchev–Trinajstić information content (AvgIpc) is 2.82. The first-order valence-electron chi connectivity index (χ1n) is 6.37. The van der Waals surface area contributed by atoms with Crippen molar-refractivity contribution in [2.24, 2.45) is 11.7 Å². The van der Waals surface area contributed by atoms with Crippen LogP contribution in [-0.2, 0) is 0 Å². The number of halogens is 2. The molecule has 0 bridgehead atoms. The van der Waals surface area contributed by atoms with E-state index >= 15 is 0 Å². The molecule has 0 heterocycles. The summed E-state index contributed by atoms with van der Waals surface area (Å²) in [5, 5.41) is 1.19. The molecule has 0 saturated heterocycles. The maximum absolute atomic E-state index is 6.19. The van der Waals surface area contributed by atoms with E-state index in [0.717, 1.165) is 17.9 Å². The summed E-state index contributed by atoms with van der Waals surface area (Å²) in [7, 11) is 0. The van der Waals surface area contributed by atoms with Gasteiger partial charge in [-0.05, 0) is 36.5 Å². The second-order valence-electron chi connectivity index (χ2n) is 5.01. The Hall–Kier alpha value is -0.240. The molecule has 3 heteroatoms. The lowest BCUT2D eigenvalue weighted by Gasteiger charge is -2.15. The minimum Gasteiger partial charge on any atom is -0.324 e. The van der Waals surface area contributed by atoms with Gasteiger partial charge in [-0.1, -0.05) is 55.0 Å². The van der Waals surface area contributed by atoms with Crippen LogP contribution in [0.25, 0.3) is 0 Å². The SMILES string of the molecule is NC(CCC1CCCC1)c1ccc(Cl)c(Cl)c1. The van der Waals surface area contributed by atoms with Crippen molar-refractivity contribution in [3.8, 4) is 0 Å². The number of nitrogens with two attached hydrogens (primary N) is 1. The Balaban J connectivity index is 1.89. The molecule has 1 aromatic rings. The highest BCUT2D eigenvalue weighted by Crippen LogP contribution is 2.32. The summed E-state index contributed by atoms with van der Waals surface area (Å²) in [6, 6.07) is 5.79. The zero-order valence-corrected chi connectivity index (χ0v) is 11.5. The van der Waals surface area contributed by atoms with Gasteiger partial charge in [-0.2, -0.15) is 0 Å². The lowest BCUT2D eigenvalue weighted by atomic mass is 9.95. The standard InChI is InChI=1S/C14H19Cl2N/c15-12-7-6-11(9-13(12)16)14(17)8-5-10-3-1-2-4-10/h6-7,9-10,14H,1-5,8,17H2. The molecule has 1 aliphatic rings. The van der Waals surface area contributed by atoms with Crippen LogP contribution in [0.5, 0.6) is 0 Å². The summed E-state index contributed by atoms with van der Waals surface area (Å²) >= 11 is 11.9. The third-order valence-electron chi connectivity index (χ3n) is 3.73. The summed E-state index contributed by atoms with van der Waals surface area (Å²) < 4.78 is 0. The molecular formula is C14H19Cl2N. The van der Waals surface area contributed by atoms with Crippen LogP contribution < -0.4 is 5.73 Å². The lowest BCUT2D eigenvalue weighted by molar-refractivity contribution is 0.454. The Kier molecular flexibility index (Phi) is 4.72. The third-order valence-corrected chi connectivity index (χ3v) is 4.47. The zero-order valence-electron chi connectivity index (χ0n) is 9.96. The van der Waals surface area contributed by atoms with E-state index in [0.29, 0.717) is 10.0 Å². The van der Waals surface area contributed by atoms with E-state index in [9.17, 15) is 0 Å². The fourth-order valence-electron chi connectivity index (χ4n) is 2.62. The first kappa shape index (κ1) is 13.2. The first-order valence-corrected chi connectivity index (χ1v) is 7.13. The first-order chi connectivity index (χ1) is 8.16. The van der Waals surface area contributed by atoms with E-state index in [4.69, 9.17) is 28.9 Å². The highest BCUT2D eigenvalue weighted by Gasteiger charge is 2.16. The van der Waals surface area contributed by atoms with E-state index in [-0.39, 0.29) is 6.04 Å². The molecule has 1 aliphatic carbocycles. The molecule has 0 amide bonds. The highest BCUT2D eigenvalue weighted by atomic mass is 35.5. The summed E-state index contributed by atoms with van der Waals surface area (Å²) in [5.41, 5.74) is 7.29. The van der Waals surface area contributed by atoms with Crippen LogP contribution in [0.3, 0.4) is 0 Å². The van der Waals surface area contributed by atoms with E-state index in [2.05, 4.69) is 0 Å². The van der Waals surface area contributed by atoms with E-state index < -0.39 is 0 Å². The molecule has 0 radical (unpaired) electrons. The molecule has 0 spiro atoms. The number of benzene rings is 1. The van der Waals surface area contributed by atoms with Crippen molar-refractivity contribution < 1.29 is 0 Å². The van der Waals surface area contributed by atoms with Crippen LogP contribution >= 0.6 is 23.2 Å². The molecule has 1 nitrogen and oxygen atoms in total. The van der Waals surface area contributed by atoms with Gasteiger partial charge in [0, 0.05) is 6.04 Å². The zero-order chi connectivity index (χ0) is 12.3. The smallest absolute Gasteiger partial charge is 0.0595 e. The Morgan fingerprint density at radius 3 is 2.53 bits per heavy atom. The van der Waals surface area contributed by atoms with Crippen molar-refractivity contribution in [3.05, 3.63) is 33.8 Å². The molecule has 17 heavy (non-hydrogen) atoms. The van der Waals surface area contributed by atoms with Crippen LogP contribution in [0, 0.1) is 5.92 Å². The van der Waals surface area contributed by atoms with Gasteiger partial charge in [-0.3, -0.25) is 0 Å². The Morgan fingerprint density at radius 2 is 1.88 bits per heavy atom. The van der Waals surface area contributed by atoms with E-state index in [1.165, 1.54) is 32.1 Å². The monoisotopic (exact) mass is 271 g/mol. The van der Waals surface area contributed by atoms with Crippen molar-refractivity contribution in [3.63, 3.8) is 0 Å². The largest absolute Gasteiger partial charge is 0.324 e. The van der Waals surface area contributed by atoms with Gasteiger partial charge in [0.1, 0.15) is 0 Å². The highest BCUT2D eigenvalue weighted by molar-refractivity contribution is 6.42. The topological polar surface area (TPSA) is 26.0 Å². The Bertz CT molecular complexity index is 372. The van der Waals surface area contributed by atoms with Gasteiger partial charge in [0.05, 0.1) is 10.0 Å². The van der Waals surface area contributed by atoms with Gasteiger partial charge < -0.3 is 5.73 Å². The van der Waals surface area contributed by atoms with Gasteiger partial charge >= 0.3 is 0 Å². The molecule has 1 atom stereocenters. The number of hydrogen-bond acceptors (Lipinski definition) is 1. The fraction of sp³-hybridized carbons (Fsp3) is 0.571. The molecule has 1 unspecified atom stereocenters. The van der Waals surface area contributed by atoms with Crippen LogP contribution in [0.1, 0.15) is 50.1 Å². The Morgan fingerprint density at radius 1 is 1.18 bits per heavy atom. The van der Waals surface area contributed by atoms with Crippen LogP contribution in [0.15, 0.2) is 18.2 Å². The molecule has 2 rings (SSSR count). The van der Waals surface area contributed by atoms with Crippen LogP contribution in [0.4, 0.5) is 0 Å².